The molecule has 0 atom stereocenters. The maximum absolute atomic E-state index is 12.8. The van der Waals surface area contributed by atoms with Gasteiger partial charge in [-0.2, -0.15) is 0 Å². The van der Waals surface area contributed by atoms with E-state index in [-0.39, 0.29) is 17.6 Å². The van der Waals surface area contributed by atoms with E-state index < -0.39 is 0 Å². The summed E-state index contributed by atoms with van der Waals surface area (Å²) in [6.07, 6.45) is 1.43. The highest BCUT2D eigenvalue weighted by molar-refractivity contribution is 7.18. The van der Waals surface area contributed by atoms with Gasteiger partial charge in [-0.25, -0.2) is 0 Å². The number of furan rings is 1. The lowest BCUT2D eigenvalue weighted by Crippen LogP contribution is -2.36. The number of nitrogens with zero attached hydrogens (tertiary/aromatic N) is 1. The Hall–Kier alpha value is -2.81. The van der Waals surface area contributed by atoms with E-state index in [0.29, 0.717) is 33.8 Å². The van der Waals surface area contributed by atoms with Crippen LogP contribution in [0.4, 0.5) is 16.4 Å². The molecule has 1 aromatic carbocycles. The lowest BCUT2D eigenvalue weighted by molar-refractivity contribution is 0.0995. The zero-order chi connectivity index (χ0) is 20.2. The Labute approximate surface area is 176 Å². The van der Waals surface area contributed by atoms with Crippen molar-refractivity contribution < 1.29 is 18.7 Å². The number of nitrogens with one attached hydrogen (secondary N) is 2. The molecule has 0 spiro atoms. The first-order valence-electron chi connectivity index (χ1n) is 8.98. The van der Waals surface area contributed by atoms with Gasteiger partial charge < -0.3 is 24.7 Å². The first-order chi connectivity index (χ1) is 14.1. The molecule has 0 unspecified atom stereocenters. The third-order valence-corrected chi connectivity index (χ3v) is 5.60. The van der Waals surface area contributed by atoms with Crippen LogP contribution in [0.15, 0.2) is 53.1 Å². The predicted molar refractivity (Wildman–Crippen MR) is 113 cm³/mol. The molecule has 9 heteroatoms. The van der Waals surface area contributed by atoms with E-state index in [9.17, 15) is 9.59 Å². The minimum Gasteiger partial charge on any atom is -0.459 e. The van der Waals surface area contributed by atoms with E-state index in [1.807, 2.05) is 6.07 Å². The standard InChI is InChI=1S/C20H18ClN3O4S/c21-13-3-4-15(24-7-10-27-11-8-24)14(12-13)22-20(26)17-5-6-18(29-17)23-19(25)16-2-1-9-28-16/h1-6,9,12H,7-8,10-11H2,(H,22,26)(H,23,25). The number of benzene rings is 1. The molecule has 0 radical (unpaired) electrons. The normalized spacial score (nSPS) is 13.9. The van der Waals surface area contributed by atoms with Crippen molar-refractivity contribution in [3.63, 3.8) is 0 Å². The zero-order valence-electron chi connectivity index (χ0n) is 15.3. The van der Waals surface area contributed by atoms with Gasteiger partial charge in [0.1, 0.15) is 0 Å². The number of rotatable bonds is 5. The van der Waals surface area contributed by atoms with E-state index in [1.165, 1.54) is 17.6 Å². The Balaban J connectivity index is 1.48. The lowest BCUT2D eigenvalue weighted by Gasteiger charge is -2.30. The van der Waals surface area contributed by atoms with Crippen LogP contribution in [0.2, 0.25) is 5.02 Å². The van der Waals surface area contributed by atoms with Gasteiger partial charge in [0, 0.05) is 18.1 Å². The van der Waals surface area contributed by atoms with Crippen molar-refractivity contribution >= 4 is 51.1 Å². The number of anilines is 3. The molecule has 29 heavy (non-hydrogen) atoms. The van der Waals surface area contributed by atoms with Crippen LogP contribution in [-0.4, -0.2) is 38.1 Å². The smallest absolute Gasteiger partial charge is 0.291 e. The van der Waals surface area contributed by atoms with Crippen LogP contribution in [0.3, 0.4) is 0 Å². The van der Waals surface area contributed by atoms with E-state index in [4.69, 9.17) is 20.8 Å². The Morgan fingerprint density at radius 2 is 1.86 bits per heavy atom. The van der Waals surface area contributed by atoms with E-state index in [0.717, 1.165) is 18.8 Å². The Bertz CT molecular complexity index is 1010. The SMILES string of the molecule is O=C(Nc1ccc(C(=O)Nc2cc(Cl)ccc2N2CCOCC2)s1)c1ccco1. The second kappa shape index (κ2) is 8.69. The number of carbonyl (C=O) groups excluding carboxylic acids is 2. The highest BCUT2D eigenvalue weighted by Crippen LogP contribution is 2.31. The topological polar surface area (TPSA) is 83.8 Å². The van der Waals surface area contributed by atoms with E-state index >= 15 is 0 Å². The largest absolute Gasteiger partial charge is 0.459 e. The van der Waals surface area contributed by atoms with Gasteiger partial charge in [0.15, 0.2) is 5.76 Å². The van der Waals surface area contributed by atoms with Gasteiger partial charge in [-0.1, -0.05) is 11.6 Å². The van der Waals surface area contributed by atoms with Crippen LogP contribution in [0.5, 0.6) is 0 Å². The number of halogens is 1. The van der Waals surface area contributed by atoms with Crippen LogP contribution >= 0.6 is 22.9 Å². The van der Waals surface area contributed by atoms with Gasteiger partial charge in [-0.05, 0) is 42.5 Å². The molecule has 0 bridgehead atoms. The molecule has 3 heterocycles. The van der Waals surface area contributed by atoms with Crippen LogP contribution in [0.1, 0.15) is 20.2 Å². The third-order valence-electron chi connectivity index (χ3n) is 4.37. The molecule has 150 valence electrons. The molecule has 0 aliphatic carbocycles. The molecule has 0 saturated carbocycles. The van der Waals surface area contributed by atoms with Crippen LogP contribution in [0, 0.1) is 0 Å². The summed E-state index contributed by atoms with van der Waals surface area (Å²) < 4.78 is 10.5. The second-order valence-electron chi connectivity index (χ2n) is 6.31. The monoisotopic (exact) mass is 431 g/mol. The van der Waals surface area contributed by atoms with Gasteiger partial charge in [0.2, 0.25) is 0 Å². The number of ether oxygens (including phenoxy) is 1. The predicted octanol–water partition coefficient (Wildman–Crippen LogP) is 4.34. The summed E-state index contributed by atoms with van der Waals surface area (Å²) in [6, 6.07) is 12.0. The minimum atomic E-state index is -0.367. The fourth-order valence-corrected chi connectivity index (χ4v) is 3.95. The number of hydrogen-bond acceptors (Lipinski definition) is 6. The fraction of sp³-hybridized carbons (Fsp3) is 0.200. The maximum Gasteiger partial charge on any atom is 0.291 e. The van der Waals surface area contributed by atoms with Crippen molar-refractivity contribution in [2.75, 3.05) is 41.8 Å². The van der Waals surface area contributed by atoms with Crippen molar-refractivity contribution in [1.29, 1.82) is 0 Å². The van der Waals surface area contributed by atoms with Crippen molar-refractivity contribution in [2.24, 2.45) is 0 Å². The van der Waals surface area contributed by atoms with Crippen molar-refractivity contribution in [3.05, 3.63) is 64.4 Å². The Morgan fingerprint density at radius 1 is 1.03 bits per heavy atom. The number of amides is 2. The molecule has 1 aliphatic rings. The molecule has 7 nitrogen and oxygen atoms in total. The average molecular weight is 432 g/mol. The summed E-state index contributed by atoms with van der Waals surface area (Å²) in [7, 11) is 0. The zero-order valence-corrected chi connectivity index (χ0v) is 16.9. The van der Waals surface area contributed by atoms with E-state index in [2.05, 4.69) is 15.5 Å². The van der Waals surface area contributed by atoms with Crippen LogP contribution in [0.25, 0.3) is 0 Å². The highest BCUT2D eigenvalue weighted by atomic mass is 35.5. The summed E-state index contributed by atoms with van der Waals surface area (Å²) in [5.41, 5.74) is 1.54. The molecule has 1 saturated heterocycles. The summed E-state index contributed by atoms with van der Waals surface area (Å²) in [5, 5.41) is 6.74. The molecule has 3 aromatic rings. The van der Waals surface area contributed by atoms with Gasteiger partial charge in [0.25, 0.3) is 11.8 Å². The van der Waals surface area contributed by atoms with Gasteiger partial charge in [-0.3, -0.25) is 9.59 Å². The summed E-state index contributed by atoms with van der Waals surface area (Å²) in [6.45, 7) is 2.76. The van der Waals surface area contributed by atoms with Gasteiger partial charge in [0.05, 0.1) is 40.7 Å². The van der Waals surface area contributed by atoms with E-state index in [1.54, 1.807) is 36.4 Å². The number of hydrogen-bond donors (Lipinski definition) is 2. The molecular formula is C20H18ClN3O4S. The summed E-state index contributed by atoms with van der Waals surface area (Å²) in [4.78, 5) is 27.5. The Morgan fingerprint density at radius 3 is 2.62 bits per heavy atom. The third kappa shape index (κ3) is 4.61. The molecule has 1 fully saturated rings. The van der Waals surface area contributed by atoms with Gasteiger partial charge in [-0.15, -0.1) is 11.3 Å². The molecular weight excluding hydrogens is 414 g/mol. The van der Waals surface area contributed by atoms with Gasteiger partial charge >= 0.3 is 0 Å². The lowest BCUT2D eigenvalue weighted by atomic mass is 10.2. The van der Waals surface area contributed by atoms with Crippen LogP contribution in [-0.2, 0) is 4.74 Å². The second-order valence-corrected chi connectivity index (χ2v) is 7.83. The molecule has 4 rings (SSSR count). The first kappa shape index (κ1) is 19.5. The number of carbonyl (C=O) groups is 2. The number of morpholine rings is 1. The summed E-state index contributed by atoms with van der Waals surface area (Å²) >= 11 is 7.33. The quantitative estimate of drug-likeness (QED) is 0.628. The van der Waals surface area contributed by atoms with Crippen molar-refractivity contribution in [3.8, 4) is 0 Å². The summed E-state index contributed by atoms with van der Waals surface area (Å²) in [5.74, 6) is -0.433. The average Bonchev–Trinajstić information content (AvgIpc) is 3.41. The first-order valence-corrected chi connectivity index (χ1v) is 10.2. The fourth-order valence-electron chi connectivity index (χ4n) is 2.98. The minimum absolute atomic E-state index is 0.207. The van der Waals surface area contributed by atoms with Crippen molar-refractivity contribution in [2.45, 2.75) is 0 Å². The molecule has 2 amide bonds. The van der Waals surface area contributed by atoms with Crippen LogP contribution < -0.4 is 15.5 Å². The molecule has 2 aromatic heterocycles. The molecule has 2 N–H and O–H groups in total. The number of thiophene rings is 1. The highest BCUT2D eigenvalue weighted by Gasteiger charge is 2.18. The van der Waals surface area contributed by atoms with Crippen molar-refractivity contribution in [1.82, 2.24) is 0 Å². The maximum atomic E-state index is 12.8. The molecule has 1 aliphatic heterocycles. The Kier molecular flexibility index (Phi) is 5.84.